The Morgan fingerprint density at radius 2 is 1.74 bits per heavy atom. The first-order valence-corrected chi connectivity index (χ1v) is 11.7. The first-order chi connectivity index (χ1) is 17.1. The highest BCUT2D eigenvalue weighted by Gasteiger charge is 2.22. The van der Waals surface area contributed by atoms with E-state index in [1.807, 2.05) is 30.3 Å². The summed E-state index contributed by atoms with van der Waals surface area (Å²) in [5.74, 6) is 1.14. The van der Waals surface area contributed by atoms with E-state index in [9.17, 15) is 9.90 Å². The Balaban J connectivity index is 2.09. The Morgan fingerprint density at radius 1 is 1.03 bits per heavy atom. The van der Waals surface area contributed by atoms with Gasteiger partial charge in [-0.25, -0.2) is 4.98 Å². The number of rotatable bonds is 10. The minimum Gasteiger partial charge on any atom is -0.493 e. The van der Waals surface area contributed by atoms with Crippen molar-refractivity contribution < 1.29 is 24.1 Å². The number of amides is 1. The van der Waals surface area contributed by atoms with Crippen molar-refractivity contribution in [1.29, 1.82) is 0 Å². The molecule has 0 saturated carbocycles. The third-order valence-corrected chi connectivity index (χ3v) is 6.05. The van der Waals surface area contributed by atoms with Crippen LogP contribution in [0.5, 0.6) is 17.2 Å². The summed E-state index contributed by atoms with van der Waals surface area (Å²) in [6, 6.07) is 13.7. The zero-order valence-corrected chi connectivity index (χ0v) is 20.6. The molecule has 8 nitrogen and oxygen atoms in total. The molecule has 4 rings (SSSR count). The highest BCUT2D eigenvalue weighted by Crippen LogP contribution is 2.43. The van der Waals surface area contributed by atoms with Gasteiger partial charge in [0.05, 0.1) is 39.1 Å². The number of pyridine rings is 1. The summed E-state index contributed by atoms with van der Waals surface area (Å²) in [6.45, 7) is 2.98. The molecule has 0 saturated heterocycles. The lowest BCUT2D eigenvalue weighted by Gasteiger charge is -2.16. The molecular weight excluding hydrogens is 446 g/mol. The van der Waals surface area contributed by atoms with Gasteiger partial charge in [0.2, 0.25) is 5.75 Å². The van der Waals surface area contributed by atoms with E-state index in [-0.39, 0.29) is 24.8 Å². The standard InChI is InChI=1S/C27H31N3O5/c1-5-6-12-30-21-10-8-7-9-18(21)19-16-20(27(32)28-11-13-31)29-24(25(19)30)17-14-22(33-2)26(35-4)23(15-17)34-3/h7-10,14-16,31H,5-6,11-13H2,1-4H3,(H,28,32). The van der Waals surface area contributed by atoms with E-state index >= 15 is 0 Å². The molecule has 0 fully saturated rings. The highest BCUT2D eigenvalue weighted by atomic mass is 16.5. The van der Waals surface area contributed by atoms with Crippen molar-refractivity contribution in [2.45, 2.75) is 26.3 Å². The number of hydrogen-bond acceptors (Lipinski definition) is 6. The van der Waals surface area contributed by atoms with Crippen LogP contribution in [0.25, 0.3) is 33.1 Å². The lowest BCUT2D eigenvalue weighted by atomic mass is 10.0. The molecule has 184 valence electrons. The lowest BCUT2D eigenvalue weighted by Crippen LogP contribution is -2.27. The number of aliphatic hydroxyl groups is 1. The predicted molar refractivity (Wildman–Crippen MR) is 137 cm³/mol. The Kier molecular flexibility index (Phi) is 7.41. The fraction of sp³-hybridized carbons (Fsp3) is 0.333. The van der Waals surface area contributed by atoms with Gasteiger partial charge >= 0.3 is 0 Å². The molecule has 0 aliphatic heterocycles. The molecule has 0 spiro atoms. The van der Waals surface area contributed by atoms with Gasteiger partial charge in [0.1, 0.15) is 5.69 Å². The van der Waals surface area contributed by atoms with E-state index in [4.69, 9.17) is 19.2 Å². The molecule has 0 aliphatic carbocycles. The number of ether oxygens (including phenoxy) is 3. The van der Waals surface area contributed by atoms with Crippen molar-refractivity contribution in [2.75, 3.05) is 34.5 Å². The van der Waals surface area contributed by atoms with Gasteiger partial charge in [-0.2, -0.15) is 0 Å². The average Bonchev–Trinajstić information content (AvgIpc) is 3.22. The molecular formula is C27H31N3O5. The van der Waals surface area contributed by atoms with Crippen LogP contribution in [0.2, 0.25) is 0 Å². The van der Waals surface area contributed by atoms with E-state index < -0.39 is 0 Å². The maximum absolute atomic E-state index is 12.9. The van der Waals surface area contributed by atoms with Crippen molar-refractivity contribution in [3.63, 3.8) is 0 Å². The number of carbonyl (C=O) groups excluding carboxylic acids is 1. The summed E-state index contributed by atoms with van der Waals surface area (Å²) < 4.78 is 19.0. The normalized spacial score (nSPS) is 11.1. The van der Waals surface area contributed by atoms with Gasteiger partial charge in [-0.3, -0.25) is 4.79 Å². The van der Waals surface area contributed by atoms with Crippen LogP contribution in [-0.4, -0.2) is 55.0 Å². The Bertz CT molecular complexity index is 1340. The van der Waals surface area contributed by atoms with E-state index in [1.165, 1.54) is 0 Å². The van der Waals surface area contributed by atoms with Crippen molar-refractivity contribution in [1.82, 2.24) is 14.9 Å². The third kappa shape index (κ3) is 4.49. The van der Waals surface area contributed by atoms with E-state index in [0.29, 0.717) is 22.9 Å². The lowest BCUT2D eigenvalue weighted by molar-refractivity contribution is 0.0940. The molecule has 2 aromatic heterocycles. The molecule has 35 heavy (non-hydrogen) atoms. The van der Waals surface area contributed by atoms with Crippen LogP contribution in [0, 0.1) is 0 Å². The van der Waals surface area contributed by atoms with E-state index in [0.717, 1.165) is 46.8 Å². The Morgan fingerprint density at radius 3 is 2.37 bits per heavy atom. The van der Waals surface area contributed by atoms with Gasteiger partial charge in [-0.1, -0.05) is 31.5 Å². The van der Waals surface area contributed by atoms with Crippen LogP contribution < -0.4 is 19.5 Å². The fourth-order valence-corrected chi connectivity index (χ4v) is 4.42. The van der Waals surface area contributed by atoms with Gasteiger partial charge in [0.15, 0.2) is 11.5 Å². The molecule has 4 aromatic rings. The molecule has 2 N–H and O–H groups in total. The maximum atomic E-state index is 12.9. The molecule has 0 unspecified atom stereocenters. The van der Waals surface area contributed by atoms with Crippen LogP contribution >= 0.6 is 0 Å². The van der Waals surface area contributed by atoms with Gasteiger partial charge in [0, 0.05) is 34.9 Å². The maximum Gasteiger partial charge on any atom is 0.270 e. The van der Waals surface area contributed by atoms with Crippen molar-refractivity contribution in [2.24, 2.45) is 0 Å². The number of benzene rings is 2. The summed E-state index contributed by atoms with van der Waals surface area (Å²) in [5.41, 5.74) is 3.67. The van der Waals surface area contributed by atoms with Crippen molar-refractivity contribution in [3.05, 3.63) is 48.2 Å². The van der Waals surface area contributed by atoms with Crippen LogP contribution in [0.15, 0.2) is 42.5 Å². The second kappa shape index (κ2) is 10.7. The smallest absolute Gasteiger partial charge is 0.270 e. The number of aliphatic hydroxyl groups excluding tert-OH is 1. The Labute approximate surface area is 204 Å². The number of fused-ring (bicyclic) bond motifs is 3. The molecule has 8 heteroatoms. The molecule has 0 aliphatic rings. The summed E-state index contributed by atoms with van der Waals surface area (Å²) in [6.07, 6.45) is 2.05. The van der Waals surface area contributed by atoms with Crippen LogP contribution in [0.1, 0.15) is 30.3 Å². The van der Waals surface area contributed by atoms with Crippen molar-refractivity contribution in [3.8, 4) is 28.5 Å². The summed E-state index contributed by atoms with van der Waals surface area (Å²) >= 11 is 0. The SMILES string of the molecule is CCCCn1c2ccccc2c2cc(C(=O)NCCO)nc(-c3cc(OC)c(OC)c(OC)c3)c21. The summed E-state index contributed by atoms with van der Waals surface area (Å²) in [7, 11) is 4.70. The second-order valence-electron chi connectivity index (χ2n) is 8.17. The second-order valence-corrected chi connectivity index (χ2v) is 8.17. The van der Waals surface area contributed by atoms with E-state index in [2.05, 4.69) is 28.9 Å². The first kappa shape index (κ1) is 24.3. The number of unbranched alkanes of at least 4 members (excludes halogenated alkanes) is 1. The van der Waals surface area contributed by atoms with Crippen LogP contribution in [0.3, 0.4) is 0 Å². The minimum atomic E-state index is -0.347. The van der Waals surface area contributed by atoms with Crippen LogP contribution in [0.4, 0.5) is 0 Å². The molecule has 2 aromatic carbocycles. The van der Waals surface area contributed by atoms with Gasteiger partial charge in [0.25, 0.3) is 5.91 Å². The van der Waals surface area contributed by atoms with Gasteiger partial charge in [-0.15, -0.1) is 0 Å². The highest BCUT2D eigenvalue weighted by molar-refractivity contribution is 6.14. The Hall–Kier alpha value is -3.78. The monoisotopic (exact) mass is 477 g/mol. The number of nitrogens with zero attached hydrogens (tertiary/aromatic N) is 2. The summed E-state index contributed by atoms with van der Waals surface area (Å²) in [4.78, 5) is 17.8. The summed E-state index contributed by atoms with van der Waals surface area (Å²) in [5, 5.41) is 13.9. The first-order valence-electron chi connectivity index (χ1n) is 11.7. The molecule has 2 heterocycles. The molecule has 1 amide bonds. The number of hydrogen-bond donors (Lipinski definition) is 2. The quantitative estimate of drug-likeness (QED) is 0.352. The molecule has 0 radical (unpaired) electrons. The van der Waals surface area contributed by atoms with Crippen LogP contribution in [-0.2, 0) is 6.54 Å². The number of nitrogens with one attached hydrogen (secondary N) is 1. The zero-order chi connectivity index (χ0) is 24.9. The molecule has 0 atom stereocenters. The van der Waals surface area contributed by atoms with E-state index in [1.54, 1.807) is 21.3 Å². The van der Waals surface area contributed by atoms with Gasteiger partial charge < -0.3 is 29.2 Å². The zero-order valence-electron chi connectivity index (χ0n) is 20.6. The van der Waals surface area contributed by atoms with Gasteiger partial charge in [-0.05, 0) is 30.7 Å². The average molecular weight is 478 g/mol. The number of carbonyl (C=O) groups is 1. The number of aryl methyl sites for hydroxylation is 1. The largest absolute Gasteiger partial charge is 0.493 e. The third-order valence-electron chi connectivity index (χ3n) is 6.05. The fourth-order valence-electron chi connectivity index (χ4n) is 4.42. The predicted octanol–water partition coefficient (Wildman–Crippen LogP) is 4.40. The minimum absolute atomic E-state index is 0.149. The van der Waals surface area contributed by atoms with Crippen molar-refractivity contribution >= 4 is 27.7 Å². The number of para-hydroxylation sites is 1. The topological polar surface area (TPSA) is 94.8 Å². The molecule has 0 bridgehead atoms. The number of aromatic nitrogens is 2. The number of methoxy groups -OCH3 is 3.